The van der Waals surface area contributed by atoms with Gasteiger partial charge in [-0.05, 0) is 65.0 Å². The number of pyridine rings is 1. The molecule has 1 aromatic carbocycles. The lowest BCUT2D eigenvalue weighted by atomic mass is 9.95. The van der Waals surface area contributed by atoms with Gasteiger partial charge in [-0.3, -0.25) is 9.78 Å². The molecule has 0 saturated heterocycles. The van der Waals surface area contributed by atoms with Gasteiger partial charge in [0.2, 0.25) is 5.91 Å². The van der Waals surface area contributed by atoms with Crippen LogP contribution in [0, 0.1) is 11.6 Å². The van der Waals surface area contributed by atoms with Crippen molar-refractivity contribution in [2.24, 2.45) is 0 Å². The van der Waals surface area contributed by atoms with E-state index in [1.807, 2.05) is 24.5 Å². The summed E-state index contributed by atoms with van der Waals surface area (Å²) in [6, 6.07) is 7.11. The van der Waals surface area contributed by atoms with E-state index in [4.69, 9.17) is 0 Å². The van der Waals surface area contributed by atoms with E-state index in [0.717, 1.165) is 40.5 Å². The summed E-state index contributed by atoms with van der Waals surface area (Å²) >= 11 is 3.49. The number of nitrogens with zero attached hydrogens (tertiary/aromatic N) is 3. The van der Waals surface area contributed by atoms with Crippen LogP contribution in [0.25, 0.3) is 0 Å². The van der Waals surface area contributed by atoms with Crippen LogP contribution in [0.15, 0.2) is 47.3 Å². The van der Waals surface area contributed by atoms with E-state index in [-0.39, 0.29) is 24.9 Å². The Morgan fingerprint density at radius 2 is 1.90 bits per heavy atom. The molecule has 31 heavy (non-hydrogen) atoms. The zero-order valence-corrected chi connectivity index (χ0v) is 19.1. The second-order valence-corrected chi connectivity index (χ2v) is 8.18. The normalized spacial score (nSPS) is 12.0. The lowest BCUT2D eigenvalue weighted by Gasteiger charge is -2.19. The lowest BCUT2D eigenvalue weighted by molar-refractivity contribution is -0.121. The molecule has 5 nitrogen and oxygen atoms in total. The molecule has 0 aliphatic carbocycles. The van der Waals surface area contributed by atoms with Crippen molar-refractivity contribution in [1.29, 1.82) is 0 Å². The van der Waals surface area contributed by atoms with Gasteiger partial charge in [0.15, 0.2) is 0 Å². The van der Waals surface area contributed by atoms with Crippen LogP contribution in [0.1, 0.15) is 42.4 Å². The standard InChI is InChI=1S/C23H25BrF2N4O/c1-3-20-21(4-2)30(14-29-20)13-22(31)28-12-16(23-19(24)6-5-7-27-23)8-15-9-17(25)11-18(26)10-15/h5-7,9-11,14,16H,3-4,8,12-13H2,1-2H3,(H,28,31). The molecule has 0 bridgehead atoms. The number of hydrogen-bond donors (Lipinski definition) is 1. The third-order valence-corrected chi connectivity index (χ3v) is 5.81. The van der Waals surface area contributed by atoms with Crippen LogP contribution in [0.5, 0.6) is 0 Å². The Kier molecular flexibility index (Phi) is 7.90. The Morgan fingerprint density at radius 1 is 1.16 bits per heavy atom. The summed E-state index contributed by atoms with van der Waals surface area (Å²) in [7, 11) is 0. The molecular formula is C23H25BrF2N4O. The smallest absolute Gasteiger partial charge is 0.240 e. The van der Waals surface area contributed by atoms with Gasteiger partial charge in [0.1, 0.15) is 18.2 Å². The molecule has 1 atom stereocenters. The first-order chi connectivity index (χ1) is 14.9. The number of carbonyl (C=O) groups excluding carboxylic acids is 1. The molecule has 2 aromatic heterocycles. The van der Waals surface area contributed by atoms with E-state index >= 15 is 0 Å². The number of imidazole rings is 1. The number of aromatic nitrogens is 3. The average molecular weight is 491 g/mol. The fourth-order valence-corrected chi connectivity index (χ4v) is 4.29. The maximum absolute atomic E-state index is 13.7. The first-order valence-electron chi connectivity index (χ1n) is 10.3. The summed E-state index contributed by atoms with van der Waals surface area (Å²) in [5.74, 6) is -1.67. The summed E-state index contributed by atoms with van der Waals surface area (Å²) in [4.78, 5) is 21.5. The largest absolute Gasteiger partial charge is 0.354 e. The zero-order chi connectivity index (χ0) is 22.4. The molecule has 3 aromatic rings. The number of aryl methyl sites for hydroxylation is 1. The molecule has 1 N–H and O–H groups in total. The van der Waals surface area contributed by atoms with Crippen molar-refractivity contribution in [1.82, 2.24) is 19.9 Å². The minimum absolute atomic E-state index is 0.155. The summed E-state index contributed by atoms with van der Waals surface area (Å²) in [6.45, 7) is 4.53. The zero-order valence-electron chi connectivity index (χ0n) is 17.5. The van der Waals surface area contributed by atoms with E-state index in [1.54, 1.807) is 18.6 Å². The third kappa shape index (κ3) is 5.97. The van der Waals surface area contributed by atoms with Crippen LogP contribution in [0.4, 0.5) is 8.78 Å². The second-order valence-electron chi connectivity index (χ2n) is 7.33. The molecule has 8 heteroatoms. The Balaban J connectivity index is 1.75. The predicted octanol–water partition coefficient (Wildman–Crippen LogP) is 4.59. The quantitative estimate of drug-likeness (QED) is 0.477. The highest BCUT2D eigenvalue weighted by Gasteiger charge is 2.19. The van der Waals surface area contributed by atoms with Crippen molar-refractivity contribution < 1.29 is 13.6 Å². The van der Waals surface area contributed by atoms with Crippen LogP contribution < -0.4 is 5.32 Å². The molecule has 0 aliphatic rings. The first-order valence-corrected chi connectivity index (χ1v) is 11.1. The van der Waals surface area contributed by atoms with Crippen LogP contribution in [-0.2, 0) is 30.6 Å². The van der Waals surface area contributed by atoms with Gasteiger partial charge in [0, 0.05) is 34.9 Å². The molecule has 0 spiro atoms. The van der Waals surface area contributed by atoms with Crippen LogP contribution >= 0.6 is 15.9 Å². The molecular weight excluding hydrogens is 466 g/mol. The van der Waals surface area contributed by atoms with Crippen molar-refractivity contribution in [3.63, 3.8) is 0 Å². The summed E-state index contributed by atoms with van der Waals surface area (Å²) < 4.78 is 30.0. The minimum atomic E-state index is -0.628. The Bertz CT molecular complexity index is 1030. The number of hydrogen-bond acceptors (Lipinski definition) is 3. The average Bonchev–Trinajstić information content (AvgIpc) is 3.12. The van der Waals surface area contributed by atoms with Gasteiger partial charge in [0.05, 0.1) is 17.7 Å². The number of rotatable bonds is 9. The predicted molar refractivity (Wildman–Crippen MR) is 119 cm³/mol. The van der Waals surface area contributed by atoms with Gasteiger partial charge in [-0.15, -0.1) is 0 Å². The summed E-state index contributed by atoms with van der Waals surface area (Å²) in [6.07, 6.45) is 5.30. The molecule has 164 valence electrons. The molecule has 3 rings (SSSR count). The Hall–Kier alpha value is -2.61. The minimum Gasteiger partial charge on any atom is -0.354 e. The number of carbonyl (C=O) groups is 1. The van der Waals surface area contributed by atoms with Crippen molar-refractivity contribution in [2.45, 2.75) is 45.6 Å². The molecule has 2 heterocycles. The molecule has 1 unspecified atom stereocenters. The van der Waals surface area contributed by atoms with Crippen molar-refractivity contribution in [2.75, 3.05) is 6.54 Å². The maximum atomic E-state index is 13.7. The molecule has 0 aliphatic heterocycles. The molecule has 0 saturated carbocycles. The molecule has 0 fully saturated rings. The van der Waals surface area contributed by atoms with Crippen molar-refractivity contribution in [3.8, 4) is 0 Å². The fraction of sp³-hybridized carbons (Fsp3) is 0.348. The highest BCUT2D eigenvalue weighted by molar-refractivity contribution is 9.10. The van der Waals surface area contributed by atoms with Crippen LogP contribution in [0.3, 0.4) is 0 Å². The summed E-state index contributed by atoms with van der Waals surface area (Å²) in [5.41, 5.74) is 3.28. The first kappa shape index (κ1) is 23.1. The topological polar surface area (TPSA) is 59.8 Å². The van der Waals surface area contributed by atoms with Crippen molar-refractivity contribution >= 4 is 21.8 Å². The van der Waals surface area contributed by atoms with E-state index in [9.17, 15) is 13.6 Å². The molecule has 1 amide bonds. The monoisotopic (exact) mass is 490 g/mol. The van der Waals surface area contributed by atoms with E-state index in [1.165, 1.54) is 12.1 Å². The second kappa shape index (κ2) is 10.6. The Labute approximate surface area is 189 Å². The van der Waals surface area contributed by atoms with Gasteiger partial charge in [-0.1, -0.05) is 13.8 Å². The van der Waals surface area contributed by atoms with Gasteiger partial charge in [0.25, 0.3) is 0 Å². The number of halogens is 3. The number of amides is 1. The highest BCUT2D eigenvalue weighted by atomic mass is 79.9. The van der Waals surface area contributed by atoms with E-state index in [2.05, 4.69) is 31.2 Å². The van der Waals surface area contributed by atoms with E-state index < -0.39 is 11.6 Å². The fourth-order valence-electron chi connectivity index (χ4n) is 3.71. The van der Waals surface area contributed by atoms with Gasteiger partial charge < -0.3 is 9.88 Å². The lowest BCUT2D eigenvalue weighted by Crippen LogP contribution is -2.32. The number of benzene rings is 1. The highest BCUT2D eigenvalue weighted by Crippen LogP contribution is 2.26. The van der Waals surface area contributed by atoms with Gasteiger partial charge in [-0.2, -0.15) is 0 Å². The SMILES string of the molecule is CCc1ncn(CC(=O)NCC(Cc2cc(F)cc(F)c2)c2ncccc2Br)c1CC. The van der Waals surface area contributed by atoms with Gasteiger partial charge in [-0.25, -0.2) is 13.8 Å². The van der Waals surface area contributed by atoms with Crippen molar-refractivity contribution in [3.05, 3.63) is 81.6 Å². The maximum Gasteiger partial charge on any atom is 0.240 e. The van der Waals surface area contributed by atoms with Crippen LogP contribution in [0.2, 0.25) is 0 Å². The van der Waals surface area contributed by atoms with E-state index in [0.29, 0.717) is 12.0 Å². The number of nitrogens with one attached hydrogen (secondary N) is 1. The Morgan fingerprint density at radius 3 is 2.55 bits per heavy atom. The molecule has 0 radical (unpaired) electrons. The van der Waals surface area contributed by atoms with Gasteiger partial charge >= 0.3 is 0 Å². The third-order valence-electron chi connectivity index (χ3n) is 5.14. The van der Waals surface area contributed by atoms with Crippen LogP contribution in [-0.4, -0.2) is 27.0 Å². The summed E-state index contributed by atoms with van der Waals surface area (Å²) in [5, 5.41) is 2.95.